The Morgan fingerprint density at radius 1 is 1.03 bits per heavy atom. The maximum absolute atomic E-state index is 13.6. The van der Waals surface area contributed by atoms with Crippen LogP contribution in [0.2, 0.25) is 5.02 Å². The number of hydrogen-bond acceptors (Lipinski definition) is 6. The summed E-state index contributed by atoms with van der Waals surface area (Å²) in [4.78, 5) is 27.4. The number of benzene rings is 1. The van der Waals surface area contributed by atoms with Crippen LogP contribution in [0.3, 0.4) is 0 Å². The maximum atomic E-state index is 13.6. The predicted molar refractivity (Wildman–Crippen MR) is 126 cm³/mol. The van der Waals surface area contributed by atoms with Crippen LogP contribution >= 0.6 is 11.6 Å². The molecule has 1 fully saturated rings. The number of halogens is 1. The van der Waals surface area contributed by atoms with Crippen LogP contribution in [0, 0.1) is 6.92 Å². The summed E-state index contributed by atoms with van der Waals surface area (Å²) >= 11 is 6.54. The molecule has 0 N–H and O–H groups in total. The Balaban J connectivity index is 1.55. The Morgan fingerprint density at radius 2 is 1.81 bits per heavy atom. The molecule has 0 atom stereocenters. The van der Waals surface area contributed by atoms with E-state index in [1.54, 1.807) is 9.08 Å². The lowest BCUT2D eigenvalue weighted by molar-refractivity contribution is 0.151. The van der Waals surface area contributed by atoms with Crippen molar-refractivity contribution in [2.75, 3.05) is 39.8 Å². The summed E-state index contributed by atoms with van der Waals surface area (Å²) in [5.41, 5.74) is 1.89. The van der Waals surface area contributed by atoms with Crippen molar-refractivity contribution < 1.29 is 0 Å². The lowest BCUT2D eigenvalue weighted by Gasteiger charge is -2.32. The zero-order chi connectivity index (χ0) is 22.2. The number of aryl methyl sites for hydroxylation is 2. The molecule has 0 aliphatic carbocycles. The number of fused-ring (bicyclic) bond motifs is 2. The normalized spacial score (nSPS) is 15.7. The summed E-state index contributed by atoms with van der Waals surface area (Å²) < 4.78 is 3.41. The molecule has 1 aromatic carbocycles. The molecule has 1 saturated heterocycles. The lowest BCUT2D eigenvalue weighted by atomic mass is 10.1. The fourth-order valence-electron chi connectivity index (χ4n) is 4.33. The van der Waals surface area contributed by atoms with Gasteiger partial charge in [-0.3, -0.25) is 4.79 Å². The molecule has 8 nitrogen and oxygen atoms in total. The van der Waals surface area contributed by atoms with Gasteiger partial charge in [0.25, 0.3) is 11.3 Å². The third-order valence-electron chi connectivity index (χ3n) is 6.11. The SMILES string of the molecule is Cc1nc2nc3ccn(CCCN4CCN(C)CC4)c(=O)c3c(-c3ccccc3Cl)n2n1. The van der Waals surface area contributed by atoms with Crippen molar-refractivity contribution >= 4 is 28.3 Å². The third kappa shape index (κ3) is 3.90. The number of piperazine rings is 1. The van der Waals surface area contributed by atoms with Crippen LogP contribution in [0.1, 0.15) is 12.2 Å². The molecule has 0 radical (unpaired) electrons. The van der Waals surface area contributed by atoms with Gasteiger partial charge in [0.1, 0.15) is 5.82 Å². The summed E-state index contributed by atoms with van der Waals surface area (Å²) in [5, 5.41) is 5.57. The highest BCUT2D eigenvalue weighted by atomic mass is 35.5. The summed E-state index contributed by atoms with van der Waals surface area (Å²) in [6.07, 6.45) is 2.74. The summed E-state index contributed by atoms with van der Waals surface area (Å²) in [6.45, 7) is 7.78. The van der Waals surface area contributed by atoms with Crippen LogP contribution in [0.4, 0.5) is 0 Å². The van der Waals surface area contributed by atoms with Gasteiger partial charge in [0, 0.05) is 49.5 Å². The van der Waals surface area contributed by atoms with Crippen molar-refractivity contribution in [2.24, 2.45) is 0 Å². The molecule has 0 spiro atoms. The second-order valence-corrected chi connectivity index (χ2v) is 8.79. The van der Waals surface area contributed by atoms with Crippen molar-refractivity contribution in [3.63, 3.8) is 0 Å². The van der Waals surface area contributed by atoms with Crippen LogP contribution in [0.15, 0.2) is 41.3 Å². The van der Waals surface area contributed by atoms with E-state index in [4.69, 9.17) is 11.6 Å². The average molecular weight is 452 g/mol. The quantitative estimate of drug-likeness (QED) is 0.464. The molecule has 0 saturated carbocycles. The van der Waals surface area contributed by atoms with Gasteiger partial charge in [-0.25, -0.2) is 4.98 Å². The molecule has 166 valence electrons. The molecular weight excluding hydrogens is 426 g/mol. The van der Waals surface area contributed by atoms with E-state index in [9.17, 15) is 4.79 Å². The lowest BCUT2D eigenvalue weighted by Crippen LogP contribution is -2.44. The molecule has 1 aliphatic heterocycles. The highest BCUT2D eigenvalue weighted by Gasteiger charge is 2.20. The smallest absolute Gasteiger partial charge is 0.262 e. The van der Waals surface area contributed by atoms with Gasteiger partial charge in [0.15, 0.2) is 0 Å². The van der Waals surface area contributed by atoms with Crippen LogP contribution in [-0.2, 0) is 6.54 Å². The van der Waals surface area contributed by atoms with Gasteiger partial charge in [-0.1, -0.05) is 29.8 Å². The Bertz CT molecular complexity index is 1340. The zero-order valence-electron chi connectivity index (χ0n) is 18.3. The van der Waals surface area contributed by atoms with Crippen LogP contribution in [-0.4, -0.2) is 73.7 Å². The molecule has 4 aromatic rings. The van der Waals surface area contributed by atoms with Crippen molar-refractivity contribution in [3.05, 3.63) is 57.7 Å². The topological polar surface area (TPSA) is 71.6 Å². The van der Waals surface area contributed by atoms with Gasteiger partial charge in [-0.2, -0.15) is 9.50 Å². The first-order valence-electron chi connectivity index (χ1n) is 10.9. The zero-order valence-corrected chi connectivity index (χ0v) is 19.1. The summed E-state index contributed by atoms with van der Waals surface area (Å²) in [6, 6.07) is 9.38. The molecule has 0 amide bonds. The van der Waals surface area contributed by atoms with E-state index in [1.165, 1.54) is 0 Å². The first kappa shape index (κ1) is 21.1. The van der Waals surface area contributed by atoms with Crippen LogP contribution < -0.4 is 5.56 Å². The van der Waals surface area contributed by atoms with Gasteiger partial charge in [0.05, 0.1) is 16.6 Å². The van der Waals surface area contributed by atoms with Crippen LogP contribution in [0.5, 0.6) is 0 Å². The minimum atomic E-state index is -0.0849. The largest absolute Gasteiger partial charge is 0.315 e. The second kappa shape index (κ2) is 8.61. The molecule has 0 unspecified atom stereocenters. The fourth-order valence-corrected chi connectivity index (χ4v) is 4.56. The molecule has 9 heteroatoms. The van der Waals surface area contributed by atoms with Gasteiger partial charge in [-0.15, -0.1) is 5.10 Å². The number of nitrogens with zero attached hydrogens (tertiary/aromatic N) is 7. The fraction of sp³-hybridized carbons (Fsp3) is 0.391. The molecule has 0 bridgehead atoms. The van der Waals surface area contributed by atoms with E-state index < -0.39 is 0 Å². The first-order chi connectivity index (χ1) is 15.5. The monoisotopic (exact) mass is 451 g/mol. The molecule has 5 rings (SSSR count). The van der Waals surface area contributed by atoms with Crippen molar-refractivity contribution in [3.8, 4) is 11.3 Å². The van der Waals surface area contributed by atoms with E-state index in [2.05, 4.69) is 31.9 Å². The number of likely N-dealkylation sites (N-methyl/N-ethyl adjacent to an activating group) is 1. The minimum absolute atomic E-state index is 0.0849. The summed E-state index contributed by atoms with van der Waals surface area (Å²) in [7, 11) is 2.16. The Morgan fingerprint density at radius 3 is 2.59 bits per heavy atom. The highest BCUT2D eigenvalue weighted by Crippen LogP contribution is 2.31. The van der Waals surface area contributed by atoms with Gasteiger partial charge in [0.2, 0.25) is 0 Å². The minimum Gasteiger partial charge on any atom is -0.315 e. The van der Waals surface area contributed by atoms with E-state index in [0.717, 1.165) is 44.7 Å². The van der Waals surface area contributed by atoms with E-state index in [-0.39, 0.29) is 5.56 Å². The average Bonchev–Trinajstić information content (AvgIpc) is 3.15. The number of rotatable bonds is 5. The van der Waals surface area contributed by atoms with E-state index in [0.29, 0.717) is 39.8 Å². The van der Waals surface area contributed by atoms with Gasteiger partial charge >= 0.3 is 0 Å². The Kier molecular flexibility index (Phi) is 5.67. The predicted octanol–water partition coefficient (Wildman–Crippen LogP) is 2.71. The van der Waals surface area contributed by atoms with Gasteiger partial charge < -0.3 is 14.4 Å². The van der Waals surface area contributed by atoms with Crippen LogP contribution in [0.25, 0.3) is 27.9 Å². The second-order valence-electron chi connectivity index (χ2n) is 8.38. The standard InChI is InChI=1S/C23H26ClN7O/c1-16-25-23-26-19-8-11-30(10-5-9-29-14-12-28(2)13-15-29)22(32)20(19)21(31(23)27-16)17-6-3-4-7-18(17)24/h3-4,6-8,11H,5,9-10,12-15H2,1-2H3. The van der Waals surface area contributed by atoms with Crippen molar-refractivity contribution in [2.45, 2.75) is 19.9 Å². The molecule has 3 aromatic heterocycles. The molecule has 32 heavy (non-hydrogen) atoms. The molecule has 4 heterocycles. The number of hydrogen-bond donors (Lipinski definition) is 0. The van der Waals surface area contributed by atoms with Gasteiger partial charge in [-0.05, 0) is 39.1 Å². The molecule has 1 aliphatic rings. The maximum Gasteiger partial charge on any atom is 0.262 e. The van der Waals surface area contributed by atoms with Crippen molar-refractivity contribution in [1.82, 2.24) is 33.9 Å². The highest BCUT2D eigenvalue weighted by molar-refractivity contribution is 6.33. The third-order valence-corrected chi connectivity index (χ3v) is 6.44. The number of pyridine rings is 1. The van der Waals surface area contributed by atoms with E-state index in [1.807, 2.05) is 43.5 Å². The Hall–Kier alpha value is -2.81. The molecular formula is C23H26ClN7O. The van der Waals surface area contributed by atoms with Crippen molar-refractivity contribution in [1.29, 1.82) is 0 Å². The first-order valence-corrected chi connectivity index (χ1v) is 11.3. The summed E-state index contributed by atoms with van der Waals surface area (Å²) in [5.74, 6) is 1.05. The van der Waals surface area contributed by atoms with E-state index >= 15 is 0 Å². The Labute approximate surface area is 191 Å². The number of aromatic nitrogens is 5.